The first kappa shape index (κ1) is 13.6. The van der Waals surface area contributed by atoms with Crippen molar-refractivity contribution in [1.29, 1.82) is 0 Å². The van der Waals surface area contributed by atoms with Gasteiger partial charge in [0.15, 0.2) is 0 Å². The molecule has 108 valence electrons. The number of rotatable bonds is 5. The Balaban J connectivity index is 1.71. The van der Waals surface area contributed by atoms with Crippen LogP contribution in [0.5, 0.6) is 0 Å². The molecule has 0 saturated carbocycles. The number of imidazole rings is 1. The quantitative estimate of drug-likeness (QED) is 0.906. The molecule has 2 aromatic heterocycles. The highest BCUT2D eigenvalue weighted by molar-refractivity contribution is 5.47. The van der Waals surface area contributed by atoms with Gasteiger partial charge in [-0.1, -0.05) is 13.0 Å². The molecule has 0 amide bonds. The summed E-state index contributed by atoms with van der Waals surface area (Å²) in [7, 11) is 0. The van der Waals surface area contributed by atoms with Crippen LogP contribution in [0, 0.1) is 6.92 Å². The Hall–Kier alpha value is -1.39. The first-order valence-electron chi connectivity index (χ1n) is 7.65. The lowest BCUT2D eigenvalue weighted by atomic mass is 10.2. The molecule has 2 aromatic rings. The van der Waals surface area contributed by atoms with Crippen LogP contribution in [0.25, 0.3) is 5.65 Å². The van der Waals surface area contributed by atoms with Crippen molar-refractivity contribution in [2.75, 3.05) is 19.6 Å². The molecule has 1 saturated heterocycles. The maximum absolute atomic E-state index is 4.78. The second-order valence-corrected chi connectivity index (χ2v) is 5.78. The molecular formula is C16H24N4. The van der Waals surface area contributed by atoms with Crippen LogP contribution < -0.4 is 5.32 Å². The summed E-state index contributed by atoms with van der Waals surface area (Å²) >= 11 is 0. The molecule has 4 heteroatoms. The minimum absolute atomic E-state index is 0.661. The Morgan fingerprint density at radius 1 is 1.50 bits per heavy atom. The van der Waals surface area contributed by atoms with Crippen molar-refractivity contribution in [3.05, 3.63) is 35.8 Å². The molecule has 0 aliphatic carbocycles. The number of nitrogens with one attached hydrogen (secondary N) is 1. The van der Waals surface area contributed by atoms with Gasteiger partial charge >= 0.3 is 0 Å². The molecule has 1 aliphatic heterocycles. The maximum Gasteiger partial charge on any atom is 0.139 e. The molecule has 0 bridgehead atoms. The summed E-state index contributed by atoms with van der Waals surface area (Å²) in [5.74, 6) is 0. The molecule has 3 heterocycles. The number of aromatic nitrogens is 2. The minimum Gasteiger partial charge on any atom is -0.313 e. The number of fused-ring (bicyclic) bond motifs is 1. The largest absolute Gasteiger partial charge is 0.313 e. The number of hydrogen-bond acceptors (Lipinski definition) is 3. The van der Waals surface area contributed by atoms with Crippen LogP contribution in [0.3, 0.4) is 0 Å². The lowest BCUT2D eigenvalue weighted by Gasteiger charge is -2.23. The number of aryl methyl sites for hydroxylation is 1. The van der Waals surface area contributed by atoms with E-state index in [2.05, 4.69) is 53.0 Å². The lowest BCUT2D eigenvalue weighted by Crippen LogP contribution is -2.37. The number of nitrogens with zero attached hydrogens (tertiary/aromatic N) is 3. The molecule has 3 rings (SSSR count). The van der Waals surface area contributed by atoms with E-state index in [0.29, 0.717) is 6.04 Å². The van der Waals surface area contributed by atoms with E-state index in [1.54, 1.807) is 0 Å². The predicted molar refractivity (Wildman–Crippen MR) is 81.9 cm³/mol. The smallest absolute Gasteiger partial charge is 0.139 e. The zero-order valence-corrected chi connectivity index (χ0v) is 12.5. The topological polar surface area (TPSA) is 32.6 Å². The minimum atomic E-state index is 0.661. The first-order valence-corrected chi connectivity index (χ1v) is 7.65. The van der Waals surface area contributed by atoms with Crippen LogP contribution in [0.15, 0.2) is 24.5 Å². The van der Waals surface area contributed by atoms with Crippen LogP contribution in [0.1, 0.15) is 31.0 Å². The van der Waals surface area contributed by atoms with Crippen molar-refractivity contribution in [2.45, 2.75) is 39.3 Å². The van der Waals surface area contributed by atoms with Crippen LogP contribution in [-0.2, 0) is 6.54 Å². The van der Waals surface area contributed by atoms with Gasteiger partial charge in [0.2, 0.25) is 0 Å². The Morgan fingerprint density at radius 3 is 3.10 bits per heavy atom. The number of likely N-dealkylation sites (N-methyl/N-ethyl adjacent to an activating group) is 1. The average molecular weight is 272 g/mol. The molecule has 0 radical (unpaired) electrons. The normalized spacial score (nSPS) is 19.2. The molecule has 1 fully saturated rings. The van der Waals surface area contributed by atoms with Gasteiger partial charge in [-0.2, -0.15) is 0 Å². The summed E-state index contributed by atoms with van der Waals surface area (Å²) in [4.78, 5) is 7.26. The Labute approximate surface area is 120 Å². The van der Waals surface area contributed by atoms with Crippen molar-refractivity contribution in [3.8, 4) is 0 Å². The van der Waals surface area contributed by atoms with Gasteiger partial charge in [-0.3, -0.25) is 4.90 Å². The zero-order chi connectivity index (χ0) is 13.9. The molecule has 1 aliphatic rings. The first-order chi connectivity index (χ1) is 9.76. The zero-order valence-electron chi connectivity index (χ0n) is 12.5. The van der Waals surface area contributed by atoms with Gasteiger partial charge in [0.05, 0.1) is 5.69 Å². The van der Waals surface area contributed by atoms with Crippen molar-refractivity contribution < 1.29 is 0 Å². The van der Waals surface area contributed by atoms with E-state index < -0.39 is 0 Å². The molecule has 1 unspecified atom stereocenters. The van der Waals surface area contributed by atoms with Crippen LogP contribution in [0.4, 0.5) is 0 Å². The van der Waals surface area contributed by atoms with Crippen molar-refractivity contribution >= 4 is 5.65 Å². The van der Waals surface area contributed by atoms with Gasteiger partial charge in [-0.15, -0.1) is 0 Å². The SMILES string of the molecule is CCN(Cc1cn2cccc(C)c2n1)CC1CCCN1. The van der Waals surface area contributed by atoms with Gasteiger partial charge in [0, 0.05) is 31.5 Å². The summed E-state index contributed by atoms with van der Waals surface area (Å²) in [5.41, 5.74) is 3.48. The van der Waals surface area contributed by atoms with Crippen molar-refractivity contribution in [3.63, 3.8) is 0 Å². The van der Waals surface area contributed by atoms with E-state index in [-0.39, 0.29) is 0 Å². The van der Waals surface area contributed by atoms with Crippen LogP contribution >= 0.6 is 0 Å². The second-order valence-electron chi connectivity index (χ2n) is 5.78. The summed E-state index contributed by atoms with van der Waals surface area (Å²) in [6.07, 6.45) is 6.86. The molecule has 0 spiro atoms. The standard InChI is InChI=1S/C16H24N4/c1-3-19(10-14-7-4-8-17-14)11-15-12-20-9-5-6-13(2)16(20)18-15/h5-6,9,12,14,17H,3-4,7-8,10-11H2,1-2H3. The van der Waals surface area contributed by atoms with E-state index in [0.717, 1.165) is 25.3 Å². The molecule has 1 N–H and O–H groups in total. The van der Waals surface area contributed by atoms with Gasteiger partial charge in [0.1, 0.15) is 5.65 Å². The van der Waals surface area contributed by atoms with Gasteiger partial charge in [-0.05, 0) is 44.5 Å². The summed E-state index contributed by atoms with van der Waals surface area (Å²) in [6.45, 7) is 8.67. The molecule has 20 heavy (non-hydrogen) atoms. The fraction of sp³-hybridized carbons (Fsp3) is 0.562. The van der Waals surface area contributed by atoms with Gasteiger partial charge < -0.3 is 9.72 Å². The Morgan fingerprint density at radius 2 is 2.40 bits per heavy atom. The van der Waals surface area contributed by atoms with E-state index in [9.17, 15) is 0 Å². The third-order valence-electron chi connectivity index (χ3n) is 4.20. The third-order valence-corrected chi connectivity index (χ3v) is 4.20. The van der Waals surface area contributed by atoms with E-state index in [1.165, 1.54) is 30.6 Å². The fourth-order valence-corrected chi connectivity index (χ4v) is 3.04. The lowest BCUT2D eigenvalue weighted by molar-refractivity contribution is 0.251. The highest BCUT2D eigenvalue weighted by Gasteiger charge is 2.17. The molecule has 1 atom stereocenters. The Bertz CT molecular complexity index is 569. The highest BCUT2D eigenvalue weighted by Crippen LogP contribution is 2.13. The summed E-state index contributed by atoms with van der Waals surface area (Å²) in [6, 6.07) is 4.86. The third kappa shape index (κ3) is 2.86. The summed E-state index contributed by atoms with van der Waals surface area (Å²) in [5, 5.41) is 3.58. The predicted octanol–water partition coefficient (Wildman–Crippen LogP) is 2.22. The second kappa shape index (κ2) is 5.94. The maximum atomic E-state index is 4.78. The average Bonchev–Trinajstić information content (AvgIpc) is 3.07. The molecule has 4 nitrogen and oxygen atoms in total. The Kier molecular flexibility index (Phi) is 4.03. The molecule has 0 aromatic carbocycles. The van der Waals surface area contributed by atoms with Crippen LogP contribution in [-0.4, -0.2) is 40.0 Å². The van der Waals surface area contributed by atoms with E-state index in [4.69, 9.17) is 4.98 Å². The van der Waals surface area contributed by atoms with Gasteiger partial charge in [0.25, 0.3) is 0 Å². The number of pyridine rings is 1. The summed E-state index contributed by atoms with van der Waals surface area (Å²) < 4.78 is 2.13. The van der Waals surface area contributed by atoms with Crippen molar-refractivity contribution in [1.82, 2.24) is 19.6 Å². The monoisotopic (exact) mass is 272 g/mol. The van der Waals surface area contributed by atoms with Crippen LogP contribution in [0.2, 0.25) is 0 Å². The van der Waals surface area contributed by atoms with Gasteiger partial charge in [-0.25, -0.2) is 4.98 Å². The highest BCUT2D eigenvalue weighted by atomic mass is 15.2. The van der Waals surface area contributed by atoms with E-state index in [1.807, 2.05) is 0 Å². The fourth-order valence-electron chi connectivity index (χ4n) is 3.04. The number of hydrogen-bond donors (Lipinski definition) is 1. The molecular weight excluding hydrogens is 248 g/mol. The van der Waals surface area contributed by atoms with E-state index >= 15 is 0 Å². The van der Waals surface area contributed by atoms with Crippen molar-refractivity contribution in [2.24, 2.45) is 0 Å².